The summed E-state index contributed by atoms with van der Waals surface area (Å²) in [6, 6.07) is 8.70. The van der Waals surface area contributed by atoms with E-state index in [0.717, 1.165) is 18.4 Å². The minimum absolute atomic E-state index is 0.144. The zero-order valence-electron chi connectivity index (χ0n) is 11.9. The highest BCUT2D eigenvalue weighted by Gasteiger charge is 2.46. The summed E-state index contributed by atoms with van der Waals surface area (Å²) < 4.78 is 28.1. The van der Waals surface area contributed by atoms with Gasteiger partial charge in [0.1, 0.15) is 9.84 Å². The molecule has 22 heavy (non-hydrogen) atoms. The van der Waals surface area contributed by atoms with E-state index in [0.29, 0.717) is 11.3 Å². The average Bonchev–Trinajstić information content (AvgIpc) is 3.03. The predicted octanol–water partition coefficient (Wildman–Crippen LogP) is 2.12. The van der Waals surface area contributed by atoms with Crippen molar-refractivity contribution in [1.82, 2.24) is 5.16 Å². The Morgan fingerprint density at radius 2 is 1.95 bits per heavy atom. The Labute approximate surface area is 127 Å². The van der Waals surface area contributed by atoms with Crippen molar-refractivity contribution in [2.45, 2.75) is 18.3 Å². The molecule has 1 heterocycles. The van der Waals surface area contributed by atoms with Gasteiger partial charge in [0.25, 0.3) is 0 Å². The number of nitrogens with zero attached hydrogens (tertiary/aromatic N) is 1. The van der Waals surface area contributed by atoms with Crippen molar-refractivity contribution >= 4 is 15.8 Å². The normalized spacial score (nSPS) is 16.4. The maximum Gasteiger partial charge on any atom is 0.358 e. The molecule has 1 aromatic carbocycles. The first-order chi connectivity index (χ1) is 10.3. The molecule has 0 amide bonds. The van der Waals surface area contributed by atoms with E-state index in [1.807, 2.05) is 12.1 Å². The lowest BCUT2D eigenvalue weighted by Gasteiger charge is -2.14. The molecular formula is C15H15NO5S. The van der Waals surface area contributed by atoms with E-state index in [4.69, 9.17) is 9.63 Å². The van der Waals surface area contributed by atoms with Crippen LogP contribution in [0.4, 0.5) is 0 Å². The quantitative estimate of drug-likeness (QED) is 0.906. The largest absolute Gasteiger partial charge is 0.476 e. The second kappa shape index (κ2) is 4.95. The molecule has 116 valence electrons. The van der Waals surface area contributed by atoms with E-state index in [1.165, 1.54) is 12.3 Å². The zero-order valence-corrected chi connectivity index (χ0v) is 12.8. The summed E-state index contributed by atoms with van der Waals surface area (Å²) in [5.74, 6) is -0.612. The van der Waals surface area contributed by atoms with Gasteiger partial charge >= 0.3 is 5.97 Å². The number of carboxylic acids is 1. The highest BCUT2D eigenvalue weighted by Crippen LogP contribution is 2.49. The van der Waals surface area contributed by atoms with Gasteiger partial charge < -0.3 is 9.63 Å². The van der Waals surface area contributed by atoms with Crippen molar-refractivity contribution in [2.24, 2.45) is 0 Å². The highest BCUT2D eigenvalue weighted by atomic mass is 32.2. The molecule has 1 aliphatic carbocycles. The zero-order chi connectivity index (χ0) is 16.0. The molecule has 1 aromatic heterocycles. The lowest BCUT2D eigenvalue weighted by atomic mass is 9.96. The molecule has 7 heteroatoms. The smallest absolute Gasteiger partial charge is 0.358 e. The number of rotatable bonds is 5. The Bertz CT molecular complexity index is 816. The predicted molar refractivity (Wildman–Crippen MR) is 79.5 cm³/mol. The topological polar surface area (TPSA) is 97.5 Å². The number of carbonyl (C=O) groups is 1. The molecular weight excluding hydrogens is 306 g/mol. The van der Waals surface area contributed by atoms with Crippen molar-refractivity contribution in [3.63, 3.8) is 0 Å². The van der Waals surface area contributed by atoms with E-state index in [2.05, 4.69) is 5.16 Å². The Balaban J connectivity index is 1.85. The first-order valence-corrected chi connectivity index (χ1v) is 8.84. The number of aromatic carboxylic acids is 1. The average molecular weight is 321 g/mol. The second-order valence-corrected chi connectivity index (χ2v) is 7.95. The third-order valence-electron chi connectivity index (χ3n) is 3.90. The molecule has 3 rings (SSSR count). The SMILES string of the molecule is CS(=O)(=O)CC1(c2ccc(-c3cc(C(=O)O)no3)cc2)CC1. The molecule has 0 bridgehead atoms. The van der Waals surface area contributed by atoms with Gasteiger partial charge in [0.2, 0.25) is 0 Å². The summed E-state index contributed by atoms with van der Waals surface area (Å²) >= 11 is 0. The van der Waals surface area contributed by atoms with Gasteiger partial charge in [-0.1, -0.05) is 29.4 Å². The van der Waals surface area contributed by atoms with Crippen LogP contribution in [0.3, 0.4) is 0 Å². The summed E-state index contributed by atoms with van der Waals surface area (Å²) in [6.07, 6.45) is 2.99. The lowest BCUT2D eigenvalue weighted by molar-refractivity contribution is 0.0686. The minimum Gasteiger partial charge on any atom is -0.476 e. The van der Waals surface area contributed by atoms with Gasteiger partial charge in [-0.05, 0) is 18.4 Å². The van der Waals surface area contributed by atoms with Crippen molar-refractivity contribution in [2.75, 3.05) is 12.0 Å². The fraction of sp³-hybridized carbons (Fsp3) is 0.333. The summed E-state index contributed by atoms with van der Waals surface area (Å²) in [5.41, 5.74) is 1.29. The number of carboxylic acid groups (broad SMARTS) is 1. The summed E-state index contributed by atoms with van der Waals surface area (Å²) in [4.78, 5) is 10.8. The monoisotopic (exact) mass is 321 g/mol. The first kappa shape index (κ1) is 14.8. The van der Waals surface area contributed by atoms with Gasteiger partial charge in [-0.25, -0.2) is 13.2 Å². The molecule has 0 radical (unpaired) electrons. The van der Waals surface area contributed by atoms with Gasteiger partial charge in [-0.15, -0.1) is 0 Å². The Morgan fingerprint density at radius 3 is 2.41 bits per heavy atom. The standard InChI is InChI=1S/C15H15NO5S/c1-22(19,20)9-15(6-7-15)11-4-2-10(3-5-11)13-8-12(14(17)18)16-21-13/h2-5,8H,6-7,9H2,1H3,(H,17,18). The third kappa shape index (κ3) is 2.89. The number of aromatic nitrogens is 1. The summed E-state index contributed by atoms with van der Waals surface area (Å²) in [5, 5.41) is 12.3. The molecule has 0 unspecified atom stereocenters. The van der Waals surface area contributed by atoms with Crippen LogP contribution in [0.15, 0.2) is 34.9 Å². The molecule has 1 N–H and O–H groups in total. The number of benzene rings is 1. The van der Waals surface area contributed by atoms with E-state index in [9.17, 15) is 13.2 Å². The molecule has 0 saturated heterocycles. The molecule has 1 aliphatic rings. The Kier molecular flexibility index (Phi) is 3.32. The van der Waals surface area contributed by atoms with Gasteiger partial charge in [0.15, 0.2) is 11.5 Å². The number of sulfone groups is 1. The van der Waals surface area contributed by atoms with Crippen LogP contribution in [0.5, 0.6) is 0 Å². The molecule has 2 aromatic rings. The van der Waals surface area contributed by atoms with Crippen LogP contribution in [0.1, 0.15) is 28.9 Å². The minimum atomic E-state index is -3.03. The van der Waals surface area contributed by atoms with Crippen molar-refractivity contribution < 1.29 is 22.8 Å². The second-order valence-electron chi connectivity index (χ2n) is 5.81. The van der Waals surface area contributed by atoms with Gasteiger partial charge in [0, 0.05) is 23.3 Å². The van der Waals surface area contributed by atoms with Crippen LogP contribution in [0.2, 0.25) is 0 Å². The van der Waals surface area contributed by atoms with Gasteiger partial charge in [-0.3, -0.25) is 0 Å². The highest BCUT2D eigenvalue weighted by molar-refractivity contribution is 7.90. The molecule has 0 aliphatic heterocycles. The van der Waals surface area contributed by atoms with E-state index in [1.54, 1.807) is 12.1 Å². The first-order valence-electron chi connectivity index (χ1n) is 6.78. The van der Waals surface area contributed by atoms with Crippen LogP contribution < -0.4 is 0 Å². The molecule has 0 atom stereocenters. The van der Waals surface area contributed by atoms with E-state index < -0.39 is 15.8 Å². The maximum atomic E-state index is 11.5. The summed E-state index contributed by atoms with van der Waals surface area (Å²) in [7, 11) is -3.03. The van der Waals surface area contributed by atoms with Crippen LogP contribution in [-0.2, 0) is 15.3 Å². The van der Waals surface area contributed by atoms with Crippen molar-refractivity contribution in [3.05, 3.63) is 41.6 Å². The Morgan fingerprint density at radius 1 is 1.32 bits per heavy atom. The van der Waals surface area contributed by atoms with Crippen LogP contribution in [-0.4, -0.2) is 36.7 Å². The van der Waals surface area contributed by atoms with Crippen molar-refractivity contribution in [1.29, 1.82) is 0 Å². The fourth-order valence-corrected chi connectivity index (χ4v) is 4.13. The molecule has 1 saturated carbocycles. The van der Waals surface area contributed by atoms with Crippen LogP contribution in [0.25, 0.3) is 11.3 Å². The maximum absolute atomic E-state index is 11.5. The van der Waals surface area contributed by atoms with Crippen molar-refractivity contribution in [3.8, 4) is 11.3 Å². The fourth-order valence-electron chi connectivity index (χ4n) is 2.67. The van der Waals surface area contributed by atoms with E-state index in [-0.39, 0.29) is 16.9 Å². The number of hydrogen-bond acceptors (Lipinski definition) is 5. The van der Waals surface area contributed by atoms with Crippen LogP contribution >= 0.6 is 0 Å². The number of hydrogen-bond donors (Lipinski definition) is 1. The molecule has 6 nitrogen and oxygen atoms in total. The molecule has 0 spiro atoms. The molecule has 1 fully saturated rings. The Hall–Kier alpha value is -2.15. The lowest BCUT2D eigenvalue weighted by Crippen LogP contribution is -2.19. The van der Waals surface area contributed by atoms with E-state index >= 15 is 0 Å². The van der Waals surface area contributed by atoms with Crippen LogP contribution in [0, 0.1) is 0 Å². The van der Waals surface area contributed by atoms with Gasteiger partial charge in [-0.2, -0.15) is 0 Å². The third-order valence-corrected chi connectivity index (χ3v) is 4.98. The van der Waals surface area contributed by atoms with Gasteiger partial charge in [0.05, 0.1) is 5.75 Å². The summed E-state index contributed by atoms with van der Waals surface area (Å²) in [6.45, 7) is 0.